The van der Waals surface area contributed by atoms with E-state index in [2.05, 4.69) is 9.46 Å². The zero-order valence-corrected chi connectivity index (χ0v) is 13.1. The van der Waals surface area contributed by atoms with Crippen molar-refractivity contribution in [2.24, 2.45) is 5.73 Å². The topological polar surface area (TPSA) is 81.4 Å². The molecule has 5 nitrogen and oxygen atoms in total. The third kappa shape index (κ3) is 5.47. The number of benzene rings is 1. The van der Waals surface area contributed by atoms with Gasteiger partial charge in [0.2, 0.25) is 10.0 Å². The van der Waals surface area contributed by atoms with Gasteiger partial charge in [0.05, 0.1) is 4.90 Å². The van der Waals surface area contributed by atoms with Crippen molar-refractivity contribution in [3.8, 4) is 5.75 Å². The minimum absolute atomic E-state index is 0.00725. The van der Waals surface area contributed by atoms with Crippen molar-refractivity contribution >= 4 is 10.0 Å². The van der Waals surface area contributed by atoms with E-state index in [4.69, 9.17) is 5.73 Å². The Morgan fingerprint density at radius 1 is 1.23 bits per heavy atom. The van der Waals surface area contributed by atoms with Crippen LogP contribution in [0.1, 0.15) is 26.7 Å². The van der Waals surface area contributed by atoms with Crippen molar-refractivity contribution < 1.29 is 26.3 Å². The average Bonchev–Trinajstić information content (AvgIpc) is 2.43. The molecular formula is C13H19F3N2O3S. The third-order valence-corrected chi connectivity index (χ3v) is 4.77. The first kappa shape index (κ1) is 18.7. The van der Waals surface area contributed by atoms with E-state index in [0.29, 0.717) is 12.8 Å². The van der Waals surface area contributed by atoms with Crippen LogP contribution in [0.2, 0.25) is 0 Å². The minimum Gasteiger partial charge on any atom is -0.406 e. The number of ether oxygens (including phenoxy) is 1. The van der Waals surface area contributed by atoms with Gasteiger partial charge in [-0.25, -0.2) is 13.1 Å². The molecule has 0 aromatic heterocycles. The van der Waals surface area contributed by atoms with Crippen molar-refractivity contribution in [1.82, 2.24) is 4.72 Å². The number of hydrogen-bond acceptors (Lipinski definition) is 4. The van der Waals surface area contributed by atoms with Gasteiger partial charge in [-0.1, -0.05) is 19.9 Å². The summed E-state index contributed by atoms with van der Waals surface area (Å²) in [5, 5.41) is 0. The molecule has 0 atom stereocenters. The maximum atomic E-state index is 12.2. The lowest BCUT2D eigenvalue weighted by Crippen LogP contribution is -2.49. The van der Waals surface area contributed by atoms with Crippen LogP contribution in [0.25, 0.3) is 0 Å². The molecule has 0 unspecified atom stereocenters. The zero-order chi connectivity index (χ0) is 17.0. The predicted molar refractivity (Wildman–Crippen MR) is 75.8 cm³/mol. The van der Waals surface area contributed by atoms with Crippen molar-refractivity contribution in [3.63, 3.8) is 0 Å². The second-order valence-corrected chi connectivity index (χ2v) is 6.68. The molecule has 0 heterocycles. The molecule has 1 aromatic rings. The molecule has 0 spiro atoms. The minimum atomic E-state index is -4.88. The first-order chi connectivity index (χ1) is 10.0. The van der Waals surface area contributed by atoms with Gasteiger partial charge in [-0.05, 0) is 25.0 Å². The number of nitrogens with two attached hydrogens (primary N) is 1. The lowest BCUT2D eigenvalue weighted by atomic mass is 9.95. The summed E-state index contributed by atoms with van der Waals surface area (Å²) in [5.41, 5.74) is 5.29. The van der Waals surface area contributed by atoms with Gasteiger partial charge in [-0.2, -0.15) is 0 Å². The van der Waals surface area contributed by atoms with Gasteiger partial charge in [-0.3, -0.25) is 0 Å². The molecule has 9 heteroatoms. The molecular weight excluding hydrogens is 321 g/mol. The number of sulfonamides is 1. The van der Waals surface area contributed by atoms with Gasteiger partial charge < -0.3 is 10.5 Å². The van der Waals surface area contributed by atoms with E-state index in [0.717, 1.165) is 12.1 Å². The summed E-state index contributed by atoms with van der Waals surface area (Å²) in [6, 6.07) is 4.19. The summed E-state index contributed by atoms with van der Waals surface area (Å²) < 4.78 is 66.8. The van der Waals surface area contributed by atoms with Crippen LogP contribution in [-0.4, -0.2) is 26.9 Å². The van der Waals surface area contributed by atoms with Crippen molar-refractivity contribution in [3.05, 3.63) is 24.3 Å². The van der Waals surface area contributed by atoms with E-state index >= 15 is 0 Å². The molecule has 3 N–H and O–H groups in total. The highest BCUT2D eigenvalue weighted by molar-refractivity contribution is 7.89. The Morgan fingerprint density at radius 3 is 2.32 bits per heavy atom. The molecule has 0 bridgehead atoms. The van der Waals surface area contributed by atoms with Gasteiger partial charge in [0.25, 0.3) is 0 Å². The summed E-state index contributed by atoms with van der Waals surface area (Å²) in [7, 11) is -3.97. The number of nitrogens with one attached hydrogen (secondary N) is 1. The summed E-state index contributed by atoms with van der Waals surface area (Å²) >= 11 is 0. The van der Waals surface area contributed by atoms with Crippen LogP contribution in [0, 0.1) is 0 Å². The predicted octanol–water partition coefficient (Wildman–Crippen LogP) is 2.38. The van der Waals surface area contributed by atoms with E-state index in [9.17, 15) is 21.6 Å². The van der Waals surface area contributed by atoms with Gasteiger partial charge in [0.15, 0.2) is 0 Å². The Kier molecular flexibility index (Phi) is 5.82. The molecule has 0 radical (unpaired) electrons. The van der Waals surface area contributed by atoms with Crippen LogP contribution in [0.4, 0.5) is 13.2 Å². The summed E-state index contributed by atoms with van der Waals surface area (Å²) in [6.07, 6.45) is -3.76. The fraction of sp³-hybridized carbons (Fsp3) is 0.538. The first-order valence-electron chi connectivity index (χ1n) is 6.66. The van der Waals surface area contributed by atoms with Gasteiger partial charge in [-0.15, -0.1) is 13.2 Å². The quantitative estimate of drug-likeness (QED) is 0.798. The van der Waals surface area contributed by atoms with Crippen molar-refractivity contribution in [1.29, 1.82) is 0 Å². The zero-order valence-electron chi connectivity index (χ0n) is 12.3. The monoisotopic (exact) mass is 340 g/mol. The normalized spacial score (nSPS) is 13.2. The number of hydrogen-bond donors (Lipinski definition) is 2. The molecule has 22 heavy (non-hydrogen) atoms. The van der Waals surface area contributed by atoms with Crippen LogP contribution in [0.3, 0.4) is 0 Å². The molecule has 1 rings (SSSR count). The van der Waals surface area contributed by atoms with Crippen LogP contribution >= 0.6 is 0 Å². The van der Waals surface area contributed by atoms with Crippen molar-refractivity contribution in [2.75, 3.05) is 6.54 Å². The van der Waals surface area contributed by atoms with Crippen LogP contribution < -0.4 is 15.2 Å². The number of alkyl halides is 3. The summed E-state index contributed by atoms with van der Waals surface area (Å²) in [5.74, 6) is -0.597. The molecule has 0 saturated heterocycles. The second kappa shape index (κ2) is 6.84. The molecule has 0 saturated carbocycles. The smallest absolute Gasteiger partial charge is 0.406 e. The molecule has 0 fully saturated rings. The van der Waals surface area contributed by atoms with E-state index in [-0.39, 0.29) is 11.4 Å². The highest BCUT2D eigenvalue weighted by atomic mass is 32.2. The lowest BCUT2D eigenvalue weighted by molar-refractivity contribution is -0.274. The van der Waals surface area contributed by atoms with Crippen LogP contribution in [0.5, 0.6) is 5.75 Å². The summed E-state index contributed by atoms with van der Waals surface area (Å²) in [6.45, 7) is 3.65. The van der Waals surface area contributed by atoms with Gasteiger partial charge in [0.1, 0.15) is 5.75 Å². The van der Waals surface area contributed by atoms with Crippen LogP contribution in [0.15, 0.2) is 29.2 Å². The Hall–Kier alpha value is -1.32. The Morgan fingerprint density at radius 2 is 1.82 bits per heavy atom. The second-order valence-electron chi connectivity index (χ2n) is 4.92. The Labute approximate surface area is 127 Å². The van der Waals surface area contributed by atoms with E-state index in [1.807, 2.05) is 13.8 Å². The standard InChI is InChI=1S/C13H19F3N2O3S/c1-3-12(17,4-2)9-18-22(19,20)11-7-5-6-10(8-11)21-13(14,15)16/h5-8,18H,3-4,9,17H2,1-2H3. The Balaban J connectivity index is 2.92. The van der Waals surface area contributed by atoms with Gasteiger partial charge >= 0.3 is 6.36 Å². The first-order valence-corrected chi connectivity index (χ1v) is 8.14. The van der Waals surface area contributed by atoms with E-state index in [1.54, 1.807) is 0 Å². The van der Waals surface area contributed by atoms with Crippen molar-refractivity contribution in [2.45, 2.75) is 43.5 Å². The van der Waals surface area contributed by atoms with E-state index < -0.39 is 27.7 Å². The summed E-state index contributed by atoms with van der Waals surface area (Å²) in [4.78, 5) is -0.316. The SMILES string of the molecule is CCC(N)(CC)CNS(=O)(=O)c1cccc(OC(F)(F)F)c1. The lowest BCUT2D eigenvalue weighted by Gasteiger charge is -2.26. The van der Waals surface area contributed by atoms with Crippen LogP contribution in [-0.2, 0) is 10.0 Å². The molecule has 1 aromatic carbocycles. The molecule has 0 aliphatic carbocycles. The fourth-order valence-electron chi connectivity index (χ4n) is 1.66. The third-order valence-electron chi connectivity index (χ3n) is 3.37. The maximum Gasteiger partial charge on any atom is 0.573 e. The highest BCUT2D eigenvalue weighted by Gasteiger charge is 2.31. The Bertz CT molecular complexity index is 599. The van der Waals surface area contributed by atoms with Gasteiger partial charge in [0, 0.05) is 18.2 Å². The highest BCUT2D eigenvalue weighted by Crippen LogP contribution is 2.25. The average molecular weight is 340 g/mol. The largest absolute Gasteiger partial charge is 0.573 e. The number of rotatable bonds is 7. The molecule has 0 amide bonds. The number of halogens is 3. The molecule has 126 valence electrons. The van der Waals surface area contributed by atoms with E-state index in [1.165, 1.54) is 12.1 Å². The maximum absolute atomic E-state index is 12.2. The molecule has 0 aliphatic heterocycles. The molecule has 0 aliphatic rings. The fourth-order valence-corrected chi connectivity index (χ4v) is 2.83.